The molecule has 0 spiro atoms. The van der Waals surface area contributed by atoms with E-state index >= 15 is 0 Å². The van der Waals surface area contributed by atoms with E-state index in [1.807, 2.05) is 13.0 Å². The van der Waals surface area contributed by atoms with Crippen molar-refractivity contribution < 1.29 is 4.39 Å². The molecule has 0 aliphatic carbocycles. The van der Waals surface area contributed by atoms with Crippen molar-refractivity contribution in [3.05, 3.63) is 47.5 Å². The summed E-state index contributed by atoms with van der Waals surface area (Å²) < 4.78 is 13.2. The van der Waals surface area contributed by atoms with Crippen molar-refractivity contribution in [2.24, 2.45) is 0 Å². The van der Waals surface area contributed by atoms with E-state index in [2.05, 4.69) is 15.6 Å². The quantitative estimate of drug-likeness (QED) is 0.876. The molecule has 0 aliphatic heterocycles. The average Bonchev–Trinajstić information content (AvgIpc) is 2.28. The van der Waals surface area contributed by atoms with Gasteiger partial charge in [0.1, 0.15) is 5.82 Å². The minimum Gasteiger partial charge on any atom is -0.384 e. The molecule has 0 amide bonds. The van der Waals surface area contributed by atoms with Crippen LogP contribution in [0.2, 0.25) is 5.02 Å². The molecule has 0 atom stereocenters. The molecule has 18 heavy (non-hydrogen) atoms. The van der Waals surface area contributed by atoms with Crippen LogP contribution in [-0.4, -0.2) is 11.5 Å². The third kappa shape index (κ3) is 3.34. The Morgan fingerprint density at radius 2 is 1.89 bits per heavy atom. The van der Waals surface area contributed by atoms with Crippen LogP contribution in [0.3, 0.4) is 0 Å². The second-order valence-electron chi connectivity index (χ2n) is 3.78. The summed E-state index contributed by atoms with van der Waals surface area (Å²) >= 11 is 5.79. The number of nitrogens with one attached hydrogen (secondary N) is 2. The zero-order chi connectivity index (χ0) is 13.0. The Bertz CT molecular complexity index is 525. The van der Waals surface area contributed by atoms with Gasteiger partial charge in [-0.15, -0.1) is 0 Å². The lowest BCUT2D eigenvalue weighted by molar-refractivity contribution is 0.628. The molecule has 3 nitrogen and oxygen atoms in total. The SMILES string of the molecule is CCNc1cncc(Nc2cc(F)cc(Cl)c2)c1. The van der Waals surface area contributed by atoms with Crippen LogP contribution in [0.4, 0.5) is 21.5 Å². The number of halogens is 2. The molecule has 1 heterocycles. The highest BCUT2D eigenvalue weighted by molar-refractivity contribution is 6.30. The van der Waals surface area contributed by atoms with E-state index in [9.17, 15) is 4.39 Å². The van der Waals surface area contributed by atoms with Gasteiger partial charge in [0.2, 0.25) is 0 Å². The van der Waals surface area contributed by atoms with Gasteiger partial charge >= 0.3 is 0 Å². The number of pyridine rings is 1. The minimum atomic E-state index is -0.374. The van der Waals surface area contributed by atoms with Gasteiger partial charge in [-0.2, -0.15) is 0 Å². The monoisotopic (exact) mass is 265 g/mol. The molecular formula is C13H13ClFN3. The van der Waals surface area contributed by atoms with Crippen molar-refractivity contribution in [1.82, 2.24) is 4.98 Å². The van der Waals surface area contributed by atoms with E-state index in [1.165, 1.54) is 12.1 Å². The molecule has 2 rings (SSSR count). The van der Waals surface area contributed by atoms with Crippen LogP contribution >= 0.6 is 11.6 Å². The van der Waals surface area contributed by atoms with Gasteiger partial charge in [0.25, 0.3) is 0 Å². The van der Waals surface area contributed by atoms with Gasteiger partial charge in [0, 0.05) is 17.3 Å². The summed E-state index contributed by atoms with van der Waals surface area (Å²) in [6, 6.07) is 6.20. The lowest BCUT2D eigenvalue weighted by atomic mass is 10.3. The second kappa shape index (κ2) is 5.69. The van der Waals surface area contributed by atoms with E-state index in [4.69, 9.17) is 11.6 Å². The van der Waals surface area contributed by atoms with Crippen molar-refractivity contribution in [3.8, 4) is 0 Å². The van der Waals surface area contributed by atoms with Gasteiger partial charge in [-0.25, -0.2) is 4.39 Å². The Morgan fingerprint density at radius 1 is 1.11 bits per heavy atom. The maximum Gasteiger partial charge on any atom is 0.126 e. The second-order valence-corrected chi connectivity index (χ2v) is 4.21. The number of rotatable bonds is 4. The Balaban J connectivity index is 2.20. The zero-order valence-electron chi connectivity index (χ0n) is 9.87. The van der Waals surface area contributed by atoms with Crippen LogP contribution in [0.1, 0.15) is 6.92 Å². The van der Waals surface area contributed by atoms with Crippen molar-refractivity contribution in [1.29, 1.82) is 0 Å². The molecule has 0 unspecified atom stereocenters. The first-order valence-corrected chi connectivity index (χ1v) is 5.97. The summed E-state index contributed by atoms with van der Waals surface area (Å²) in [6.07, 6.45) is 3.40. The topological polar surface area (TPSA) is 37.0 Å². The minimum absolute atomic E-state index is 0.355. The first-order chi connectivity index (χ1) is 8.67. The summed E-state index contributed by atoms with van der Waals surface area (Å²) in [5, 5.41) is 6.57. The highest BCUT2D eigenvalue weighted by Crippen LogP contribution is 2.23. The fraction of sp³-hybridized carbons (Fsp3) is 0.154. The Hall–Kier alpha value is -1.81. The third-order valence-corrected chi connectivity index (χ3v) is 2.49. The van der Waals surface area contributed by atoms with Crippen molar-refractivity contribution in [2.45, 2.75) is 6.92 Å². The molecule has 0 fully saturated rings. The molecule has 2 aromatic rings. The summed E-state index contributed by atoms with van der Waals surface area (Å²) in [5.74, 6) is -0.374. The molecule has 0 aliphatic rings. The molecule has 2 N–H and O–H groups in total. The Morgan fingerprint density at radius 3 is 2.61 bits per heavy atom. The molecule has 0 bridgehead atoms. The first-order valence-electron chi connectivity index (χ1n) is 5.59. The maximum atomic E-state index is 13.2. The fourth-order valence-corrected chi connectivity index (χ4v) is 1.82. The zero-order valence-corrected chi connectivity index (χ0v) is 10.6. The lowest BCUT2D eigenvalue weighted by Crippen LogP contribution is -1.98. The molecule has 0 saturated carbocycles. The van der Waals surface area contributed by atoms with Gasteiger partial charge in [-0.3, -0.25) is 4.98 Å². The predicted molar refractivity (Wildman–Crippen MR) is 73.1 cm³/mol. The maximum absolute atomic E-state index is 13.2. The van der Waals surface area contributed by atoms with Gasteiger partial charge in [0.15, 0.2) is 0 Å². The number of hydrogen-bond acceptors (Lipinski definition) is 3. The molecule has 5 heteroatoms. The Labute approximate surface area is 110 Å². The van der Waals surface area contributed by atoms with Crippen molar-refractivity contribution in [2.75, 3.05) is 17.2 Å². The number of benzene rings is 1. The molecule has 94 valence electrons. The summed E-state index contributed by atoms with van der Waals surface area (Å²) in [4.78, 5) is 4.09. The first kappa shape index (κ1) is 12.6. The van der Waals surface area contributed by atoms with Crippen molar-refractivity contribution in [3.63, 3.8) is 0 Å². The van der Waals surface area contributed by atoms with Crippen LogP contribution < -0.4 is 10.6 Å². The smallest absolute Gasteiger partial charge is 0.126 e. The highest BCUT2D eigenvalue weighted by atomic mass is 35.5. The highest BCUT2D eigenvalue weighted by Gasteiger charge is 2.01. The van der Waals surface area contributed by atoms with Crippen LogP contribution in [0, 0.1) is 5.82 Å². The molecule has 1 aromatic carbocycles. The standard InChI is InChI=1S/C13H13ClFN3/c1-2-17-12-6-13(8-16-7-12)18-11-4-9(14)3-10(15)5-11/h3-8,17-18H,2H2,1H3. The van der Waals surface area contributed by atoms with Crippen LogP contribution in [-0.2, 0) is 0 Å². The number of aromatic nitrogens is 1. The van der Waals surface area contributed by atoms with Gasteiger partial charge < -0.3 is 10.6 Å². The van der Waals surface area contributed by atoms with E-state index in [1.54, 1.807) is 18.5 Å². The van der Waals surface area contributed by atoms with Gasteiger partial charge in [0.05, 0.1) is 23.8 Å². The molecule has 0 saturated heterocycles. The van der Waals surface area contributed by atoms with Crippen LogP contribution in [0.25, 0.3) is 0 Å². The largest absolute Gasteiger partial charge is 0.384 e. The van der Waals surface area contributed by atoms with E-state index in [0.717, 1.165) is 17.9 Å². The molecular weight excluding hydrogens is 253 g/mol. The lowest BCUT2D eigenvalue weighted by Gasteiger charge is -2.09. The van der Waals surface area contributed by atoms with Gasteiger partial charge in [-0.05, 0) is 31.2 Å². The number of anilines is 3. The Kier molecular flexibility index (Phi) is 3.99. The fourth-order valence-electron chi connectivity index (χ4n) is 1.60. The predicted octanol–water partition coefficient (Wildman–Crippen LogP) is 4.05. The van der Waals surface area contributed by atoms with E-state index in [0.29, 0.717) is 10.7 Å². The third-order valence-electron chi connectivity index (χ3n) is 2.27. The van der Waals surface area contributed by atoms with Crippen LogP contribution in [0.15, 0.2) is 36.7 Å². The molecule has 0 radical (unpaired) electrons. The average molecular weight is 266 g/mol. The number of hydrogen-bond donors (Lipinski definition) is 2. The summed E-state index contributed by atoms with van der Waals surface area (Å²) in [5.41, 5.74) is 2.27. The van der Waals surface area contributed by atoms with E-state index < -0.39 is 0 Å². The molecule has 1 aromatic heterocycles. The number of nitrogens with zero attached hydrogens (tertiary/aromatic N) is 1. The summed E-state index contributed by atoms with van der Waals surface area (Å²) in [7, 11) is 0. The van der Waals surface area contributed by atoms with E-state index in [-0.39, 0.29) is 5.82 Å². The summed E-state index contributed by atoms with van der Waals surface area (Å²) in [6.45, 7) is 2.82. The van der Waals surface area contributed by atoms with Gasteiger partial charge in [-0.1, -0.05) is 11.6 Å². The van der Waals surface area contributed by atoms with Crippen molar-refractivity contribution >= 4 is 28.7 Å². The van der Waals surface area contributed by atoms with Crippen LogP contribution in [0.5, 0.6) is 0 Å². The normalized spacial score (nSPS) is 10.2.